The zero-order valence-corrected chi connectivity index (χ0v) is 30.2. The van der Waals surface area contributed by atoms with Gasteiger partial charge in [0.2, 0.25) is 23.6 Å². The lowest BCUT2D eigenvalue weighted by Gasteiger charge is -2.39. The first-order valence-electron chi connectivity index (χ1n) is 17.2. The number of likely N-dealkylation sites (tertiary alicyclic amines) is 1. The molecule has 0 unspecified atom stereocenters. The van der Waals surface area contributed by atoms with Crippen molar-refractivity contribution in [3.05, 3.63) is 47.0 Å². The fourth-order valence-electron chi connectivity index (χ4n) is 7.16. The third-order valence-corrected chi connectivity index (χ3v) is 11.2. The first kappa shape index (κ1) is 37.3. The molecule has 1 aliphatic carbocycles. The Morgan fingerprint density at radius 3 is 2.21 bits per heavy atom. The molecule has 1 saturated carbocycles. The van der Waals surface area contributed by atoms with E-state index in [1.54, 1.807) is 36.3 Å². The quantitative estimate of drug-likeness (QED) is 0.300. The van der Waals surface area contributed by atoms with Crippen LogP contribution in [0.15, 0.2) is 35.7 Å². The van der Waals surface area contributed by atoms with Crippen LogP contribution in [0, 0.1) is 11.8 Å². The molecular weight excluding hydrogens is 628 g/mol. The predicted octanol–water partition coefficient (Wildman–Crippen LogP) is 4.47. The number of hydrogen-bond donors (Lipinski definition) is 2. The molecular formula is C36H54N6O5S. The molecule has 2 aromatic rings. The fourth-order valence-corrected chi connectivity index (χ4v) is 7.71. The minimum atomic E-state index is -1.09. The van der Waals surface area contributed by atoms with Gasteiger partial charge in [0.15, 0.2) is 5.13 Å². The largest absolute Gasteiger partial charge is 0.390 e. The van der Waals surface area contributed by atoms with Crippen molar-refractivity contribution in [3.8, 4) is 0 Å². The second-order valence-electron chi connectivity index (χ2n) is 14.4. The molecule has 0 bridgehead atoms. The van der Waals surface area contributed by atoms with Crippen LogP contribution in [0.4, 0.5) is 5.13 Å². The number of aliphatic hydroxyl groups excluding tert-OH is 1. The van der Waals surface area contributed by atoms with Crippen LogP contribution in [-0.4, -0.2) is 98.7 Å². The SMILES string of the molecule is C[C@@H](c1ccccc1)N(CC(=O)N(C)C)C(=O)CCC(=O)N(Cc1csc(N)n1)[C@@H](CC1CCCCC1)[C@@H](O)[C@@H]1CC(C)(C)N(C)C1=O. The Balaban J connectivity index is 1.62. The van der Waals surface area contributed by atoms with Gasteiger partial charge in [-0.3, -0.25) is 19.2 Å². The van der Waals surface area contributed by atoms with E-state index in [-0.39, 0.29) is 55.6 Å². The van der Waals surface area contributed by atoms with Gasteiger partial charge < -0.3 is 30.4 Å². The number of likely N-dealkylation sites (N-methyl/N-ethyl adjacent to an activating group) is 1. The van der Waals surface area contributed by atoms with E-state index < -0.39 is 23.6 Å². The van der Waals surface area contributed by atoms with Crippen LogP contribution in [0.2, 0.25) is 0 Å². The number of hydrogen-bond acceptors (Lipinski definition) is 8. The molecule has 48 heavy (non-hydrogen) atoms. The second kappa shape index (κ2) is 16.3. The number of thiazole rings is 1. The smallest absolute Gasteiger partial charge is 0.241 e. The number of benzene rings is 1. The van der Waals surface area contributed by atoms with Gasteiger partial charge in [-0.2, -0.15) is 0 Å². The lowest BCUT2D eigenvalue weighted by molar-refractivity contribution is -0.146. The summed E-state index contributed by atoms with van der Waals surface area (Å²) in [6.45, 7) is 5.85. The molecule has 0 spiro atoms. The number of nitrogens with zero attached hydrogens (tertiary/aromatic N) is 5. The Bertz CT molecular complexity index is 1410. The summed E-state index contributed by atoms with van der Waals surface area (Å²) in [7, 11) is 5.06. The Morgan fingerprint density at radius 1 is 1.04 bits per heavy atom. The maximum atomic E-state index is 14.3. The van der Waals surface area contributed by atoms with Gasteiger partial charge in [-0.15, -0.1) is 11.3 Å². The van der Waals surface area contributed by atoms with Crippen molar-refractivity contribution in [2.45, 2.75) is 109 Å². The van der Waals surface area contributed by atoms with Crippen LogP contribution < -0.4 is 5.73 Å². The van der Waals surface area contributed by atoms with E-state index in [9.17, 15) is 24.3 Å². The zero-order valence-electron chi connectivity index (χ0n) is 29.4. The third-order valence-electron chi connectivity index (χ3n) is 10.4. The zero-order chi connectivity index (χ0) is 35.2. The molecule has 4 rings (SSSR count). The number of aliphatic hydroxyl groups is 1. The molecule has 2 heterocycles. The van der Waals surface area contributed by atoms with Gasteiger partial charge in [0, 0.05) is 44.9 Å². The Labute approximate surface area is 289 Å². The van der Waals surface area contributed by atoms with E-state index >= 15 is 0 Å². The molecule has 1 saturated heterocycles. The molecule has 2 fully saturated rings. The van der Waals surface area contributed by atoms with Crippen molar-refractivity contribution in [3.63, 3.8) is 0 Å². The number of nitrogens with two attached hydrogens (primary N) is 1. The average molecular weight is 683 g/mol. The first-order chi connectivity index (χ1) is 22.7. The molecule has 4 atom stereocenters. The Hall–Kier alpha value is -3.51. The van der Waals surface area contributed by atoms with Crippen LogP contribution in [0.3, 0.4) is 0 Å². The molecule has 1 aromatic carbocycles. The van der Waals surface area contributed by atoms with E-state index in [2.05, 4.69) is 4.98 Å². The van der Waals surface area contributed by atoms with Gasteiger partial charge in [0.05, 0.1) is 36.3 Å². The summed E-state index contributed by atoms with van der Waals surface area (Å²) in [5.41, 5.74) is 7.03. The van der Waals surface area contributed by atoms with Crippen molar-refractivity contribution in [1.29, 1.82) is 0 Å². The van der Waals surface area contributed by atoms with Gasteiger partial charge in [-0.05, 0) is 45.1 Å². The van der Waals surface area contributed by atoms with Gasteiger partial charge in [-0.25, -0.2) is 4.98 Å². The minimum Gasteiger partial charge on any atom is -0.390 e. The Kier molecular flexibility index (Phi) is 12.6. The summed E-state index contributed by atoms with van der Waals surface area (Å²) in [5, 5.41) is 14.3. The number of anilines is 1. The van der Waals surface area contributed by atoms with Crippen molar-refractivity contribution in [2.24, 2.45) is 11.8 Å². The number of amides is 4. The summed E-state index contributed by atoms with van der Waals surface area (Å²) in [6, 6.07) is 8.47. The van der Waals surface area contributed by atoms with Crippen LogP contribution in [0.5, 0.6) is 0 Å². The molecule has 2 aliphatic rings. The number of aromatic nitrogens is 1. The number of carbonyl (C=O) groups excluding carboxylic acids is 4. The highest BCUT2D eigenvalue weighted by atomic mass is 32.1. The monoisotopic (exact) mass is 682 g/mol. The minimum absolute atomic E-state index is 0.110. The first-order valence-corrected chi connectivity index (χ1v) is 18.1. The molecule has 12 heteroatoms. The van der Waals surface area contributed by atoms with E-state index in [0.29, 0.717) is 29.6 Å². The second-order valence-corrected chi connectivity index (χ2v) is 15.3. The maximum absolute atomic E-state index is 14.3. The van der Waals surface area contributed by atoms with Crippen LogP contribution in [-0.2, 0) is 25.7 Å². The van der Waals surface area contributed by atoms with E-state index in [1.807, 2.05) is 51.1 Å². The van der Waals surface area contributed by atoms with Crippen LogP contribution >= 0.6 is 11.3 Å². The highest BCUT2D eigenvalue weighted by molar-refractivity contribution is 7.13. The van der Waals surface area contributed by atoms with Crippen molar-refractivity contribution in [2.75, 3.05) is 33.4 Å². The van der Waals surface area contributed by atoms with Gasteiger partial charge in [-0.1, -0.05) is 62.4 Å². The summed E-state index contributed by atoms with van der Waals surface area (Å²) in [5.74, 6) is -1.32. The van der Waals surface area contributed by atoms with Crippen molar-refractivity contribution >= 4 is 40.1 Å². The summed E-state index contributed by atoms with van der Waals surface area (Å²) < 4.78 is 0. The van der Waals surface area contributed by atoms with Crippen molar-refractivity contribution < 1.29 is 24.3 Å². The van der Waals surface area contributed by atoms with E-state index in [4.69, 9.17) is 5.73 Å². The normalized spacial score (nSPS) is 19.9. The lowest BCUT2D eigenvalue weighted by atomic mass is 9.80. The molecule has 1 aromatic heterocycles. The standard InChI is InChI=1S/C36H54N6O5S/c1-24(26-15-11-8-12-16-26)41(22-32(45)39(4)5)30(43)17-18-31(44)42(21-27-23-48-35(37)38-27)29(19-25-13-9-7-10-14-25)33(46)28-20-36(2,3)40(6)34(28)47/h8,11-12,15-16,23-25,28-29,33,46H,7,9-10,13-14,17-22H2,1-6H3,(H2,37,38)/t24-,28-,29-,33-/m0/s1. The summed E-state index contributed by atoms with van der Waals surface area (Å²) in [6.07, 6.45) is 5.07. The lowest BCUT2D eigenvalue weighted by Crippen LogP contribution is -2.51. The van der Waals surface area contributed by atoms with Crippen LogP contribution in [0.25, 0.3) is 0 Å². The Morgan fingerprint density at radius 2 is 1.67 bits per heavy atom. The van der Waals surface area contributed by atoms with Gasteiger partial charge in [0.1, 0.15) is 6.54 Å². The number of rotatable bonds is 14. The fraction of sp³-hybridized carbons (Fsp3) is 0.639. The molecule has 3 N–H and O–H groups in total. The van der Waals surface area contributed by atoms with Crippen molar-refractivity contribution in [1.82, 2.24) is 24.6 Å². The molecule has 0 radical (unpaired) electrons. The molecule has 4 amide bonds. The number of nitrogen functional groups attached to an aromatic ring is 1. The third kappa shape index (κ3) is 9.13. The van der Waals surface area contributed by atoms with Gasteiger partial charge >= 0.3 is 0 Å². The summed E-state index contributed by atoms with van der Waals surface area (Å²) >= 11 is 1.28. The molecule has 11 nitrogen and oxygen atoms in total. The van der Waals surface area contributed by atoms with Gasteiger partial charge in [0.25, 0.3) is 0 Å². The topological polar surface area (TPSA) is 140 Å². The summed E-state index contributed by atoms with van der Waals surface area (Å²) in [4.78, 5) is 65.2. The highest BCUT2D eigenvalue weighted by Crippen LogP contribution is 2.39. The van der Waals surface area contributed by atoms with E-state index in [1.165, 1.54) is 27.6 Å². The average Bonchev–Trinajstić information content (AvgIpc) is 3.58. The number of carbonyl (C=O) groups is 4. The predicted molar refractivity (Wildman–Crippen MR) is 188 cm³/mol. The molecule has 1 aliphatic heterocycles. The van der Waals surface area contributed by atoms with Crippen LogP contribution in [0.1, 0.15) is 95.9 Å². The van der Waals surface area contributed by atoms with E-state index in [0.717, 1.165) is 31.2 Å². The molecule has 264 valence electrons. The highest BCUT2D eigenvalue weighted by Gasteiger charge is 2.49. The maximum Gasteiger partial charge on any atom is 0.241 e.